The van der Waals surface area contributed by atoms with Crippen LogP contribution in [-0.2, 0) is 23.9 Å². The molecule has 6 rings (SSSR count). The first kappa shape index (κ1) is 37.4. The van der Waals surface area contributed by atoms with Crippen molar-refractivity contribution in [2.75, 3.05) is 19.4 Å². The van der Waals surface area contributed by atoms with Crippen molar-refractivity contribution in [1.82, 2.24) is 31.5 Å². The van der Waals surface area contributed by atoms with Gasteiger partial charge in [-0.05, 0) is 103 Å². The minimum Gasteiger partial charge on any atom is -0.479 e. The number of allylic oxidation sites excluding steroid dienone is 1. The van der Waals surface area contributed by atoms with Crippen molar-refractivity contribution in [3.05, 3.63) is 12.2 Å². The maximum Gasteiger partial charge on any atom is 0.408 e. The van der Waals surface area contributed by atoms with Crippen molar-refractivity contribution >= 4 is 35.6 Å². The number of thioether (sulfide) groups is 1. The summed E-state index contributed by atoms with van der Waals surface area (Å²) >= 11 is 2.02. The zero-order valence-corrected chi connectivity index (χ0v) is 31.0. The van der Waals surface area contributed by atoms with Gasteiger partial charge in [0.15, 0.2) is 0 Å². The number of nitrogens with one attached hydrogen (secondary N) is 4. The van der Waals surface area contributed by atoms with E-state index in [4.69, 9.17) is 9.47 Å². The molecule has 3 unspecified atom stereocenters. The first-order valence-electron chi connectivity index (χ1n) is 18.9. The van der Waals surface area contributed by atoms with Gasteiger partial charge < -0.3 is 30.1 Å². The lowest BCUT2D eigenvalue weighted by molar-refractivity contribution is -0.145. The second kappa shape index (κ2) is 15.7. The number of amides is 3. The fraction of sp³-hybridized carbons (Fsp3) is 0.833. The van der Waals surface area contributed by atoms with Gasteiger partial charge in [0.1, 0.15) is 23.2 Å². The quantitative estimate of drug-likeness (QED) is 0.256. The molecule has 4 aliphatic heterocycles. The Labute approximate surface area is 300 Å². The van der Waals surface area contributed by atoms with Crippen molar-refractivity contribution < 1.29 is 33.8 Å². The van der Waals surface area contributed by atoms with Gasteiger partial charge in [0.25, 0.3) is 0 Å². The van der Waals surface area contributed by atoms with E-state index in [2.05, 4.69) is 26.6 Å². The number of fused-ring (bicyclic) bond motifs is 2. The van der Waals surface area contributed by atoms with Gasteiger partial charge in [-0.3, -0.25) is 9.59 Å². The Morgan fingerprint density at radius 2 is 1.78 bits per heavy atom. The topological polar surface area (TPSA) is 162 Å². The van der Waals surface area contributed by atoms with Crippen LogP contribution in [0.5, 0.6) is 0 Å². The van der Waals surface area contributed by atoms with Gasteiger partial charge in [0.05, 0.1) is 18.2 Å². The molecular weight excluding hydrogens is 660 g/mol. The number of methoxy groups -OCH3 is 1. The predicted molar refractivity (Wildman–Crippen MR) is 190 cm³/mol. The zero-order valence-electron chi connectivity index (χ0n) is 30.2. The Morgan fingerprint density at radius 1 is 1.02 bits per heavy atom. The summed E-state index contributed by atoms with van der Waals surface area (Å²) in [6.45, 7) is 5.58. The van der Waals surface area contributed by atoms with Crippen LogP contribution in [0, 0.1) is 11.8 Å². The Balaban J connectivity index is 1.25. The van der Waals surface area contributed by atoms with Gasteiger partial charge in [-0.25, -0.2) is 20.4 Å². The molecule has 0 aromatic carbocycles. The molecule has 5 N–H and O–H groups in total. The largest absolute Gasteiger partial charge is 0.479 e. The average Bonchev–Trinajstić information content (AvgIpc) is 3.52. The molecule has 0 aromatic heterocycles. The van der Waals surface area contributed by atoms with Crippen molar-refractivity contribution in [3.63, 3.8) is 0 Å². The number of carbonyl (C=O) groups is 4. The minimum absolute atomic E-state index is 0.210. The molecule has 0 spiro atoms. The summed E-state index contributed by atoms with van der Waals surface area (Å²) in [4.78, 5) is 55.8. The maximum absolute atomic E-state index is 14.5. The van der Waals surface area contributed by atoms with Crippen LogP contribution >= 0.6 is 11.8 Å². The summed E-state index contributed by atoms with van der Waals surface area (Å²) in [5.41, 5.74) is 5.50. The summed E-state index contributed by atoms with van der Waals surface area (Å²) < 4.78 is 11.2. The van der Waals surface area contributed by atoms with E-state index >= 15 is 0 Å². The van der Waals surface area contributed by atoms with Gasteiger partial charge in [-0.15, -0.1) is 0 Å². The van der Waals surface area contributed by atoms with E-state index in [1.54, 1.807) is 32.8 Å². The number of carbonyl (C=O) groups excluding carboxylic acids is 3. The summed E-state index contributed by atoms with van der Waals surface area (Å²) in [5.74, 6) is -0.556. The van der Waals surface area contributed by atoms with Crippen LogP contribution in [0.4, 0.5) is 4.79 Å². The molecule has 0 aromatic rings. The third kappa shape index (κ3) is 8.46. The molecular formula is C36H58N6O7S. The molecule has 2 saturated carbocycles. The summed E-state index contributed by atoms with van der Waals surface area (Å²) in [6, 6.07) is -1.61. The minimum atomic E-state index is -1.38. The van der Waals surface area contributed by atoms with Crippen LogP contribution < -0.4 is 21.5 Å². The van der Waals surface area contributed by atoms with Crippen LogP contribution in [0.25, 0.3) is 0 Å². The summed E-state index contributed by atoms with van der Waals surface area (Å²) in [6.07, 6.45) is 14.4. The molecule has 3 amide bonds. The van der Waals surface area contributed by atoms with Gasteiger partial charge >= 0.3 is 12.1 Å². The molecule has 280 valence electrons. The molecule has 0 bridgehead atoms. The number of hydrazine groups is 2. The normalized spacial score (nSPS) is 39.4. The lowest BCUT2D eigenvalue weighted by Gasteiger charge is -2.35. The van der Waals surface area contributed by atoms with Crippen LogP contribution in [0.1, 0.15) is 104 Å². The smallest absolute Gasteiger partial charge is 0.408 e. The number of aliphatic carboxylic acids is 1. The maximum atomic E-state index is 14.5. The average molecular weight is 719 g/mol. The molecule has 5 fully saturated rings. The highest BCUT2D eigenvalue weighted by atomic mass is 32.2. The van der Waals surface area contributed by atoms with Gasteiger partial charge in [0, 0.05) is 30.9 Å². The standard InChI is InChI=1S/C36H58N6O7S/c1-35(2,3)49-34(47)37-26-12-9-7-5-6-8-11-23-20-36(23,33(45)46)38-31(43)27-19-24(21-41(27)32(26)44)42-39-29(22-14-16-25(48-4)17-15-22)30(40-42)28-13-10-18-50-28/h8,11,22-30,39-40H,5-7,9-10,12-21H2,1-4H3,(H,37,47)(H,38,43)(H,45,46)/b11-8-/t22?,23-,24+,25?,26-,27+,28?,29?,30?,36+/m1/s1. The molecule has 6 aliphatic rings. The molecule has 4 heterocycles. The Kier molecular flexibility index (Phi) is 11.7. The van der Waals surface area contributed by atoms with E-state index in [9.17, 15) is 24.3 Å². The Hall–Kier alpha value is -2.39. The number of alkyl carbamates (subject to hydrolysis) is 1. The number of hydrogen-bond donors (Lipinski definition) is 5. The molecule has 13 nitrogen and oxygen atoms in total. The SMILES string of the molecule is COC1CCC(C2NN([C@H]3C[C@H]4C(=O)N[C@@]5(C(=O)O)C[C@H]5/C=C\CCCCC[C@@H](NC(=O)OC(C)(C)C)C(=O)N4C3)NC2C2CCCS2)CC1. The first-order chi connectivity index (χ1) is 23.9. The van der Waals surface area contributed by atoms with Gasteiger partial charge in [-0.2, -0.15) is 16.9 Å². The fourth-order valence-corrected chi connectivity index (χ4v) is 10.1. The van der Waals surface area contributed by atoms with E-state index in [0.717, 1.165) is 57.1 Å². The third-order valence-electron chi connectivity index (χ3n) is 11.6. The van der Waals surface area contributed by atoms with Crippen molar-refractivity contribution in [3.8, 4) is 0 Å². The Bertz CT molecular complexity index is 1280. The molecule has 14 heteroatoms. The van der Waals surface area contributed by atoms with Crippen molar-refractivity contribution in [2.24, 2.45) is 11.8 Å². The fourth-order valence-electron chi connectivity index (χ4n) is 8.73. The predicted octanol–water partition coefficient (Wildman–Crippen LogP) is 3.49. The third-order valence-corrected chi connectivity index (χ3v) is 13.1. The van der Waals surface area contributed by atoms with Crippen molar-refractivity contribution in [2.45, 2.75) is 157 Å². The van der Waals surface area contributed by atoms with Crippen LogP contribution in [-0.4, -0.2) is 111 Å². The molecule has 8 atom stereocenters. The van der Waals surface area contributed by atoms with Crippen LogP contribution in [0.15, 0.2) is 12.2 Å². The molecule has 3 saturated heterocycles. The highest BCUT2D eigenvalue weighted by Crippen LogP contribution is 2.46. The number of rotatable bonds is 6. The van der Waals surface area contributed by atoms with E-state index in [0.29, 0.717) is 43.0 Å². The first-order valence-corrected chi connectivity index (χ1v) is 19.9. The van der Waals surface area contributed by atoms with E-state index in [1.165, 1.54) is 6.42 Å². The highest BCUT2D eigenvalue weighted by Gasteiger charge is 2.61. The highest BCUT2D eigenvalue weighted by molar-refractivity contribution is 8.00. The second-order valence-corrected chi connectivity index (χ2v) is 17.6. The van der Waals surface area contributed by atoms with E-state index in [-0.39, 0.29) is 36.5 Å². The number of nitrogens with zero attached hydrogens (tertiary/aromatic N) is 2. The number of carboxylic acid groups (broad SMARTS) is 1. The lowest BCUT2D eigenvalue weighted by Crippen LogP contribution is -2.56. The number of hydrogen-bond acceptors (Lipinski definition) is 10. The van der Waals surface area contributed by atoms with E-state index < -0.39 is 41.2 Å². The molecule has 0 radical (unpaired) electrons. The summed E-state index contributed by atoms with van der Waals surface area (Å²) in [5, 5.41) is 18.5. The monoisotopic (exact) mass is 718 g/mol. The van der Waals surface area contributed by atoms with Crippen LogP contribution in [0.2, 0.25) is 0 Å². The van der Waals surface area contributed by atoms with Gasteiger partial charge in [0.2, 0.25) is 11.8 Å². The van der Waals surface area contributed by atoms with Crippen molar-refractivity contribution in [1.29, 1.82) is 0 Å². The Morgan fingerprint density at radius 3 is 2.46 bits per heavy atom. The zero-order chi connectivity index (χ0) is 35.6. The number of ether oxygens (including phenoxy) is 2. The lowest BCUT2D eigenvalue weighted by atomic mass is 9.79. The molecule has 50 heavy (non-hydrogen) atoms. The second-order valence-electron chi connectivity index (χ2n) is 16.2. The van der Waals surface area contributed by atoms with Gasteiger partial charge in [-0.1, -0.05) is 25.0 Å². The van der Waals surface area contributed by atoms with Crippen LogP contribution in [0.3, 0.4) is 0 Å². The van der Waals surface area contributed by atoms with E-state index in [1.807, 2.05) is 23.9 Å². The number of carboxylic acids is 1. The summed E-state index contributed by atoms with van der Waals surface area (Å²) in [7, 11) is 1.79. The molecule has 2 aliphatic carbocycles.